The van der Waals surface area contributed by atoms with Gasteiger partial charge in [0.2, 0.25) is 6.29 Å². The van der Waals surface area contributed by atoms with Crippen molar-refractivity contribution in [1.29, 1.82) is 0 Å². The zero-order chi connectivity index (χ0) is 36.7. The molecular weight excluding hydrogens is 664 g/mol. The fourth-order valence-electron chi connectivity index (χ4n) is 6.12. The van der Waals surface area contributed by atoms with E-state index in [1.807, 2.05) is 13.8 Å². The molecule has 5 N–H and O–H groups in total. The molecule has 0 bridgehead atoms. The SMILES string of the molecule is CC(=O)OC[C@]1(O)[C@H]2[C@H](OC(=O)CC(C)C)OC=C(CO[C@@H]3O[C@H](COC(=O)/C=C/c4ccc(O)cc4)[C@@H](O)[C@H](O)[C@H]3O)[C@H]2C[C@@H]1OC(C)=O. The van der Waals surface area contributed by atoms with Gasteiger partial charge < -0.3 is 58.7 Å². The molecule has 3 aliphatic rings. The first-order valence-corrected chi connectivity index (χ1v) is 16.1. The van der Waals surface area contributed by atoms with Crippen molar-refractivity contribution in [3.05, 3.63) is 47.7 Å². The highest BCUT2D eigenvalue weighted by molar-refractivity contribution is 5.87. The van der Waals surface area contributed by atoms with Gasteiger partial charge in [-0.05, 0) is 41.7 Å². The maximum absolute atomic E-state index is 12.7. The Labute approximate surface area is 288 Å². The Balaban J connectivity index is 1.48. The molecular formula is C34H44O16. The van der Waals surface area contributed by atoms with Gasteiger partial charge in [-0.2, -0.15) is 0 Å². The molecule has 1 saturated carbocycles. The highest BCUT2D eigenvalue weighted by atomic mass is 16.7. The summed E-state index contributed by atoms with van der Waals surface area (Å²) in [5.74, 6) is -4.70. The Morgan fingerprint density at radius 3 is 2.30 bits per heavy atom. The molecule has 1 aromatic carbocycles. The Morgan fingerprint density at radius 1 is 0.960 bits per heavy atom. The second-order valence-electron chi connectivity index (χ2n) is 12.9. The zero-order valence-corrected chi connectivity index (χ0v) is 28.1. The summed E-state index contributed by atoms with van der Waals surface area (Å²) in [4.78, 5) is 48.7. The minimum Gasteiger partial charge on any atom is -0.508 e. The first kappa shape index (κ1) is 38.7. The number of carbonyl (C=O) groups is 4. The van der Waals surface area contributed by atoms with E-state index in [1.165, 1.54) is 24.5 Å². The van der Waals surface area contributed by atoms with Gasteiger partial charge in [-0.1, -0.05) is 26.0 Å². The number of hydrogen-bond acceptors (Lipinski definition) is 16. The third kappa shape index (κ3) is 9.58. The predicted octanol–water partition coefficient (Wildman–Crippen LogP) is 0.464. The summed E-state index contributed by atoms with van der Waals surface area (Å²) in [6.07, 6.45) is -6.77. The number of aliphatic hydroxyl groups is 4. The molecule has 2 fully saturated rings. The number of hydrogen-bond donors (Lipinski definition) is 5. The summed E-state index contributed by atoms with van der Waals surface area (Å²) in [5.41, 5.74) is -1.10. The molecule has 0 spiro atoms. The van der Waals surface area contributed by atoms with Gasteiger partial charge in [-0.15, -0.1) is 0 Å². The van der Waals surface area contributed by atoms with Gasteiger partial charge in [0, 0.05) is 32.3 Å². The third-order valence-corrected chi connectivity index (χ3v) is 8.57. The van der Waals surface area contributed by atoms with E-state index in [9.17, 15) is 44.7 Å². The Morgan fingerprint density at radius 2 is 1.66 bits per heavy atom. The number of benzene rings is 1. The number of aliphatic hydroxyl groups excluding tert-OH is 3. The summed E-state index contributed by atoms with van der Waals surface area (Å²) in [6, 6.07) is 6.03. The van der Waals surface area contributed by atoms with Crippen LogP contribution < -0.4 is 0 Å². The molecule has 16 heteroatoms. The van der Waals surface area contributed by atoms with Gasteiger partial charge in [-0.25, -0.2) is 4.79 Å². The Kier molecular flexibility index (Phi) is 13.0. The van der Waals surface area contributed by atoms with Gasteiger partial charge >= 0.3 is 23.9 Å². The van der Waals surface area contributed by atoms with Gasteiger partial charge in [0.1, 0.15) is 55.1 Å². The molecule has 50 heavy (non-hydrogen) atoms. The fraction of sp³-hybridized carbons (Fsp3) is 0.588. The summed E-state index contributed by atoms with van der Waals surface area (Å²) >= 11 is 0. The van der Waals surface area contributed by atoms with Gasteiger partial charge in [0.05, 0.1) is 18.8 Å². The third-order valence-electron chi connectivity index (χ3n) is 8.57. The molecule has 0 amide bonds. The summed E-state index contributed by atoms with van der Waals surface area (Å²) in [7, 11) is 0. The number of fused-ring (bicyclic) bond motifs is 1. The molecule has 0 unspecified atom stereocenters. The van der Waals surface area contributed by atoms with Crippen LogP contribution in [0.3, 0.4) is 0 Å². The van der Waals surface area contributed by atoms with Crippen molar-refractivity contribution in [1.82, 2.24) is 0 Å². The lowest BCUT2D eigenvalue weighted by Crippen LogP contribution is -2.59. The van der Waals surface area contributed by atoms with Crippen LogP contribution in [0.15, 0.2) is 42.2 Å². The minimum absolute atomic E-state index is 0.0234. The molecule has 276 valence electrons. The molecule has 1 aromatic rings. The van der Waals surface area contributed by atoms with E-state index in [2.05, 4.69) is 0 Å². The largest absolute Gasteiger partial charge is 0.508 e. The van der Waals surface area contributed by atoms with Crippen molar-refractivity contribution in [2.75, 3.05) is 19.8 Å². The van der Waals surface area contributed by atoms with E-state index in [1.54, 1.807) is 12.1 Å². The molecule has 2 aliphatic heterocycles. The highest BCUT2D eigenvalue weighted by Gasteiger charge is 2.63. The quantitative estimate of drug-likeness (QED) is 0.106. The molecule has 1 saturated heterocycles. The van der Waals surface area contributed by atoms with Crippen molar-refractivity contribution in [3.8, 4) is 5.75 Å². The average Bonchev–Trinajstić information content (AvgIpc) is 3.33. The standard InChI is InChI=1S/C34H44O16/c1-17(2)11-27(39)50-32-28-23(12-25(48-19(4)36)34(28,43)16-47-18(3)35)21(13-45-32)14-46-33-31(42)30(41)29(40)24(49-33)15-44-26(38)10-7-20-5-8-22(37)9-6-20/h5-10,13,17,23-25,28-33,37,40-43H,11-12,14-16H2,1-4H3/b10-7+/t23-,24-,25+,28-,29-,30+,31-,32+,33-,34-/m1/s1. The van der Waals surface area contributed by atoms with Crippen molar-refractivity contribution in [2.24, 2.45) is 17.8 Å². The van der Waals surface area contributed by atoms with Crippen LogP contribution in [-0.4, -0.2) is 118 Å². The molecule has 10 atom stereocenters. The average molecular weight is 709 g/mol. The molecule has 1 aliphatic carbocycles. The van der Waals surface area contributed by atoms with E-state index >= 15 is 0 Å². The van der Waals surface area contributed by atoms with Crippen LogP contribution in [0.25, 0.3) is 6.08 Å². The number of aromatic hydroxyl groups is 1. The lowest BCUT2D eigenvalue weighted by Gasteiger charge is -2.42. The van der Waals surface area contributed by atoms with Crippen molar-refractivity contribution >= 4 is 30.0 Å². The number of phenols is 1. The van der Waals surface area contributed by atoms with Crippen molar-refractivity contribution in [3.63, 3.8) is 0 Å². The topological polar surface area (TPSA) is 234 Å². The van der Waals surface area contributed by atoms with Crippen LogP contribution in [0.4, 0.5) is 0 Å². The molecule has 0 radical (unpaired) electrons. The number of esters is 4. The molecule has 0 aromatic heterocycles. The van der Waals surface area contributed by atoms with Gasteiger partial charge in [-0.3, -0.25) is 14.4 Å². The maximum atomic E-state index is 12.7. The van der Waals surface area contributed by atoms with Gasteiger partial charge in [0.15, 0.2) is 6.29 Å². The van der Waals surface area contributed by atoms with E-state index in [0.29, 0.717) is 11.1 Å². The number of rotatable bonds is 13. The first-order chi connectivity index (χ1) is 23.6. The summed E-state index contributed by atoms with van der Waals surface area (Å²) in [6.45, 7) is 4.42. The Bertz CT molecular complexity index is 1420. The summed E-state index contributed by atoms with van der Waals surface area (Å²) in [5, 5.41) is 53.0. The second kappa shape index (κ2) is 16.8. The molecule has 2 heterocycles. The van der Waals surface area contributed by atoms with Crippen LogP contribution in [0.1, 0.15) is 46.1 Å². The van der Waals surface area contributed by atoms with Crippen molar-refractivity contribution < 1.29 is 77.9 Å². The number of ether oxygens (including phenoxy) is 7. The van der Waals surface area contributed by atoms with E-state index in [-0.39, 0.29) is 31.1 Å². The Hall–Kier alpha value is -4.06. The smallest absolute Gasteiger partial charge is 0.330 e. The predicted molar refractivity (Wildman–Crippen MR) is 168 cm³/mol. The van der Waals surface area contributed by atoms with Crippen molar-refractivity contribution in [2.45, 2.75) is 89.2 Å². The normalized spacial score (nSPS) is 32.1. The monoisotopic (exact) mass is 708 g/mol. The second-order valence-corrected chi connectivity index (χ2v) is 12.9. The number of phenolic OH excluding ortho intramolecular Hbond substituents is 1. The molecule has 16 nitrogen and oxygen atoms in total. The highest BCUT2D eigenvalue weighted by Crippen LogP contribution is 2.51. The van der Waals surface area contributed by atoms with Crippen LogP contribution in [-0.2, 0) is 52.3 Å². The lowest BCUT2D eigenvalue weighted by atomic mass is 9.80. The fourth-order valence-corrected chi connectivity index (χ4v) is 6.12. The number of carbonyl (C=O) groups excluding carboxylic acids is 4. The van der Waals surface area contributed by atoms with E-state index < -0.39 is 97.6 Å². The lowest BCUT2D eigenvalue weighted by molar-refractivity contribution is -0.300. The van der Waals surface area contributed by atoms with Crippen LogP contribution in [0.5, 0.6) is 5.75 Å². The summed E-state index contributed by atoms with van der Waals surface area (Å²) < 4.78 is 38.6. The zero-order valence-electron chi connectivity index (χ0n) is 28.1. The first-order valence-electron chi connectivity index (χ1n) is 16.1. The molecule has 4 rings (SSSR count). The van der Waals surface area contributed by atoms with E-state index in [0.717, 1.165) is 19.9 Å². The maximum Gasteiger partial charge on any atom is 0.330 e. The van der Waals surface area contributed by atoms with Crippen LogP contribution in [0.2, 0.25) is 0 Å². The van der Waals surface area contributed by atoms with Crippen LogP contribution >= 0.6 is 0 Å². The van der Waals surface area contributed by atoms with Gasteiger partial charge in [0.25, 0.3) is 0 Å². The van der Waals surface area contributed by atoms with E-state index in [4.69, 9.17) is 33.2 Å². The van der Waals surface area contributed by atoms with Crippen LogP contribution in [0, 0.1) is 17.8 Å². The minimum atomic E-state index is -2.06.